The third kappa shape index (κ3) is 4.50. The topological polar surface area (TPSA) is 107 Å². The maximum absolute atomic E-state index is 13.6. The molecule has 0 radical (unpaired) electrons. The molecular weight excluding hydrogens is 532 g/mol. The molecule has 1 atom stereocenters. The van der Waals surface area contributed by atoms with Crippen LogP contribution in [-0.4, -0.2) is 48.7 Å². The van der Waals surface area contributed by atoms with Gasteiger partial charge in [-0.1, -0.05) is 30.4 Å². The molecule has 0 unspecified atom stereocenters. The molecule has 9 nitrogen and oxygen atoms in total. The Morgan fingerprint density at radius 1 is 1.02 bits per heavy atom. The van der Waals surface area contributed by atoms with E-state index in [1.807, 2.05) is 13.0 Å². The molecule has 10 heteroatoms. The van der Waals surface area contributed by atoms with Gasteiger partial charge in [0, 0.05) is 5.56 Å². The highest BCUT2D eigenvalue weighted by Crippen LogP contribution is 2.45. The number of nitrogens with zero attached hydrogens (tertiary/aromatic N) is 2. The van der Waals surface area contributed by atoms with Crippen molar-refractivity contribution < 1.29 is 33.6 Å². The van der Waals surface area contributed by atoms with Crippen LogP contribution in [0.15, 0.2) is 66.2 Å². The summed E-state index contributed by atoms with van der Waals surface area (Å²) in [6.45, 7) is 3.39. The predicted octanol–water partition coefficient (Wildman–Crippen LogP) is 5.49. The van der Waals surface area contributed by atoms with Gasteiger partial charge >= 0.3 is 5.91 Å². The maximum Gasteiger partial charge on any atom is 0.301 e. The number of fused-ring (bicyclic) bond motifs is 2. The fourth-order valence-electron chi connectivity index (χ4n) is 4.78. The van der Waals surface area contributed by atoms with Gasteiger partial charge in [0.1, 0.15) is 30.5 Å². The number of aliphatic hydroxyl groups is 1. The van der Waals surface area contributed by atoms with E-state index in [4.69, 9.17) is 18.9 Å². The minimum absolute atomic E-state index is 0.0410. The summed E-state index contributed by atoms with van der Waals surface area (Å²) in [6, 6.07) is 16.6. The van der Waals surface area contributed by atoms with Crippen molar-refractivity contribution >= 4 is 44.1 Å². The van der Waals surface area contributed by atoms with Gasteiger partial charge < -0.3 is 24.1 Å². The lowest BCUT2D eigenvalue weighted by Gasteiger charge is -2.23. The van der Waals surface area contributed by atoms with Gasteiger partial charge in [0.05, 0.1) is 35.5 Å². The highest BCUT2D eigenvalue weighted by molar-refractivity contribution is 7.22. The zero-order valence-corrected chi connectivity index (χ0v) is 22.7. The Hall–Kier alpha value is -4.57. The predicted molar refractivity (Wildman–Crippen MR) is 151 cm³/mol. The number of benzene rings is 3. The largest absolute Gasteiger partial charge is 0.507 e. The van der Waals surface area contributed by atoms with Crippen molar-refractivity contribution in [2.45, 2.75) is 19.4 Å². The van der Waals surface area contributed by atoms with E-state index < -0.39 is 17.7 Å². The van der Waals surface area contributed by atoms with Crippen molar-refractivity contribution in [1.29, 1.82) is 0 Å². The molecule has 3 heterocycles. The van der Waals surface area contributed by atoms with Crippen molar-refractivity contribution in [2.24, 2.45) is 0 Å². The van der Waals surface area contributed by atoms with E-state index in [0.29, 0.717) is 64.6 Å². The summed E-state index contributed by atoms with van der Waals surface area (Å²) in [4.78, 5) is 33.2. The van der Waals surface area contributed by atoms with Crippen molar-refractivity contribution in [3.63, 3.8) is 0 Å². The van der Waals surface area contributed by atoms with Crippen LogP contribution in [0.4, 0.5) is 5.13 Å². The summed E-state index contributed by atoms with van der Waals surface area (Å²) in [7, 11) is 1.58. The summed E-state index contributed by atoms with van der Waals surface area (Å²) in [5, 5.41) is 11.8. The van der Waals surface area contributed by atoms with Gasteiger partial charge in [-0.3, -0.25) is 14.5 Å². The van der Waals surface area contributed by atoms with Gasteiger partial charge in [0.15, 0.2) is 16.6 Å². The first kappa shape index (κ1) is 25.7. The Morgan fingerprint density at radius 2 is 1.77 bits per heavy atom. The lowest BCUT2D eigenvalue weighted by molar-refractivity contribution is -0.132. The van der Waals surface area contributed by atoms with Crippen LogP contribution in [0.5, 0.6) is 23.0 Å². The number of ether oxygens (including phenoxy) is 4. The molecule has 40 heavy (non-hydrogen) atoms. The second-order valence-electron chi connectivity index (χ2n) is 9.28. The van der Waals surface area contributed by atoms with Crippen LogP contribution in [0.2, 0.25) is 0 Å². The normalized spacial score (nSPS) is 17.9. The Morgan fingerprint density at radius 3 is 2.52 bits per heavy atom. The molecule has 0 spiro atoms. The second-order valence-corrected chi connectivity index (χ2v) is 10.3. The summed E-state index contributed by atoms with van der Waals surface area (Å²) in [5.41, 5.74) is 1.58. The van der Waals surface area contributed by atoms with Gasteiger partial charge in [0.2, 0.25) is 0 Å². The van der Waals surface area contributed by atoms with Gasteiger partial charge in [-0.15, -0.1) is 0 Å². The molecule has 1 fully saturated rings. The second kappa shape index (κ2) is 10.5. The molecule has 0 saturated carbocycles. The number of Topliss-reactive ketones (excluding diaryl/α,β-unsaturated/α-hetero) is 1. The number of carbonyl (C=O) groups excluding carboxylic acids is 2. The van der Waals surface area contributed by atoms with Crippen LogP contribution in [0.3, 0.4) is 0 Å². The van der Waals surface area contributed by atoms with Crippen LogP contribution < -0.4 is 23.8 Å². The number of aliphatic hydroxyl groups excluding tert-OH is 1. The molecule has 2 aliphatic heterocycles. The average molecular weight is 559 g/mol. The molecule has 1 saturated heterocycles. The lowest BCUT2D eigenvalue weighted by atomic mass is 9.95. The average Bonchev–Trinajstić information content (AvgIpc) is 3.53. The molecular formula is C30H26N2O7S. The first-order valence-electron chi connectivity index (χ1n) is 12.9. The number of carbonyl (C=O) groups is 2. The third-order valence-corrected chi connectivity index (χ3v) is 7.74. The number of hydrogen-bond acceptors (Lipinski definition) is 9. The smallest absolute Gasteiger partial charge is 0.301 e. The quantitative estimate of drug-likeness (QED) is 0.180. The van der Waals surface area contributed by atoms with Crippen LogP contribution in [0.1, 0.15) is 30.5 Å². The Kier molecular flexibility index (Phi) is 6.77. The molecule has 1 amide bonds. The van der Waals surface area contributed by atoms with Gasteiger partial charge in [0.25, 0.3) is 5.78 Å². The van der Waals surface area contributed by atoms with Crippen molar-refractivity contribution in [3.05, 3.63) is 77.4 Å². The number of amides is 1. The number of rotatable bonds is 7. The van der Waals surface area contributed by atoms with E-state index in [-0.39, 0.29) is 11.3 Å². The van der Waals surface area contributed by atoms with E-state index in [0.717, 1.165) is 11.1 Å². The van der Waals surface area contributed by atoms with E-state index >= 15 is 0 Å². The molecule has 0 bridgehead atoms. The maximum atomic E-state index is 13.6. The number of hydrogen-bond donors (Lipinski definition) is 1. The fraction of sp³-hybridized carbons (Fsp3) is 0.233. The minimum Gasteiger partial charge on any atom is -0.507 e. The number of methoxy groups -OCH3 is 1. The molecule has 1 N–H and O–H groups in total. The van der Waals surface area contributed by atoms with E-state index in [1.165, 1.54) is 16.2 Å². The van der Waals surface area contributed by atoms with Crippen LogP contribution >= 0.6 is 11.3 Å². The van der Waals surface area contributed by atoms with Gasteiger partial charge in [-0.2, -0.15) is 0 Å². The lowest BCUT2D eigenvalue weighted by Crippen LogP contribution is -2.29. The minimum atomic E-state index is -0.920. The Bertz CT molecular complexity index is 1640. The Labute approximate surface area is 234 Å². The zero-order chi connectivity index (χ0) is 27.8. The highest BCUT2D eigenvalue weighted by Gasteiger charge is 2.48. The first-order valence-corrected chi connectivity index (χ1v) is 13.7. The van der Waals surface area contributed by atoms with E-state index in [1.54, 1.807) is 61.7 Å². The number of aromatic nitrogens is 1. The summed E-state index contributed by atoms with van der Waals surface area (Å²) in [6.07, 6.45) is 0.861. The SMILES string of the molecule is CCCOc1ccc([C@H]2C(=C(O)c3ccc4c(c3)OCCO4)C(=O)C(=O)N2c2nc3ccc(OC)cc3s2)cc1. The number of anilines is 1. The number of ketones is 1. The summed E-state index contributed by atoms with van der Waals surface area (Å²) < 4.78 is 23.1. The molecule has 6 rings (SSSR count). The number of thiazole rings is 1. The third-order valence-electron chi connectivity index (χ3n) is 6.72. The standard InChI is InChI=1S/C30H26N2O7S/c1-3-12-37-19-7-4-17(5-8-19)26-25(27(33)18-6-11-22-23(15-18)39-14-13-38-22)28(34)29(35)32(26)30-31-21-10-9-20(36-2)16-24(21)40-30/h4-11,15-16,26,33H,3,12-14H2,1-2H3/t26-/m0/s1. The summed E-state index contributed by atoms with van der Waals surface area (Å²) in [5.74, 6) is 0.439. The summed E-state index contributed by atoms with van der Waals surface area (Å²) >= 11 is 1.27. The first-order chi connectivity index (χ1) is 19.5. The van der Waals surface area contributed by atoms with Crippen LogP contribution in [-0.2, 0) is 9.59 Å². The molecule has 1 aromatic heterocycles. The van der Waals surface area contributed by atoms with Crippen molar-refractivity contribution in [2.75, 3.05) is 31.8 Å². The van der Waals surface area contributed by atoms with E-state index in [9.17, 15) is 14.7 Å². The molecule has 3 aromatic carbocycles. The van der Waals surface area contributed by atoms with Gasteiger partial charge in [-0.25, -0.2) is 4.98 Å². The molecule has 0 aliphatic carbocycles. The zero-order valence-electron chi connectivity index (χ0n) is 21.9. The molecule has 204 valence electrons. The molecule has 2 aliphatic rings. The van der Waals surface area contributed by atoms with Gasteiger partial charge in [-0.05, 0) is 60.5 Å². The monoisotopic (exact) mass is 558 g/mol. The van der Waals surface area contributed by atoms with Crippen molar-refractivity contribution in [1.82, 2.24) is 4.98 Å². The molecule has 4 aromatic rings. The fourth-order valence-corrected chi connectivity index (χ4v) is 5.80. The van der Waals surface area contributed by atoms with Crippen molar-refractivity contribution in [3.8, 4) is 23.0 Å². The Balaban J connectivity index is 1.49. The highest BCUT2D eigenvalue weighted by atomic mass is 32.1. The van der Waals surface area contributed by atoms with E-state index in [2.05, 4.69) is 4.98 Å². The van der Waals surface area contributed by atoms with Crippen LogP contribution in [0, 0.1) is 0 Å². The van der Waals surface area contributed by atoms with Crippen LogP contribution in [0.25, 0.3) is 16.0 Å².